The van der Waals surface area contributed by atoms with E-state index >= 15 is 0 Å². The van der Waals surface area contributed by atoms with E-state index in [0.717, 1.165) is 20.2 Å². The molecule has 1 unspecified atom stereocenters. The molecule has 198 valence electrons. The fraction of sp³-hybridized carbons (Fsp3) is 0.286. The molecular formula is C21H17ClF4N4O7. The smallest absolute Gasteiger partial charge is 0.431 e. The van der Waals surface area contributed by atoms with Crippen molar-refractivity contribution in [2.75, 3.05) is 14.2 Å². The third kappa shape index (κ3) is 5.82. The largest absolute Gasteiger partial charge is 0.481 e. The normalized spacial score (nSPS) is 12.1. The number of hydrogen-bond donors (Lipinski definition) is 0. The molecule has 0 aliphatic carbocycles. The van der Waals surface area contributed by atoms with Gasteiger partial charge >= 0.3 is 23.8 Å². The van der Waals surface area contributed by atoms with Crippen LogP contribution in [-0.4, -0.2) is 45.4 Å². The van der Waals surface area contributed by atoms with Crippen LogP contribution >= 0.6 is 11.6 Å². The summed E-state index contributed by atoms with van der Waals surface area (Å²) in [6, 6.07) is 2.36. The molecule has 0 bridgehead atoms. The minimum atomic E-state index is -5.01. The Balaban J connectivity index is 2.09. The SMILES string of the molecule is COC(=O)C(C)Oc1cc(OC)nc(Oc2cc(-n3c(=O)cc(C(F)(F)F)n(C)c3=O)c(F)cc2Cl)n1. The minimum absolute atomic E-state index is 0.0802. The summed E-state index contributed by atoms with van der Waals surface area (Å²) < 4.78 is 74.9. The standard InChI is InChI=1S/C21H17ClF4N4O7/c1-9(18(32)35-4)36-16-8-15(34-3)27-19(28-16)37-13-6-12(11(23)5-10(13)22)30-17(31)7-14(21(24,25)26)29(2)20(30)33/h5-9H,1-4H3. The lowest BCUT2D eigenvalue weighted by Gasteiger charge is -2.16. The first-order valence-electron chi connectivity index (χ1n) is 10.0. The maximum absolute atomic E-state index is 14.7. The van der Waals surface area contributed by atoms with E-state index in [2.05, 4.69) is 14.7 Å². The summed E-state index contributed by atoms with van der Waals surface area (Å²) >= 11 is 6.03. The molecule has 37 heavy (non-hydrogen) atoms. The highest BCUT2D eigenvalue weighted by Gasteiger charge is 2.35. The van der Waals surface area contributed by atoms with Gasteiger partial charge < -0.3 is 18.9 Å². The van der Waals surface area contributed by atoms with E-state index in [1.807, 2.05) is 0 Å². The molecule has 1 atom stereocenters. The Labute approximate surface area is 209 Å². The molecule has 0 amide bonds. The van der Waals surface area contributed by atoms with Crippen molar-refractivity contribution in [1.82, 2.24) is 19.1 Å². The first kappa shape index (κ1) is 27.4. The first-order chi connectivity index (χ1) is 17.3. The Bertz CT molecular complexity index is 1470. The number of carbonyl (C=O) groups is 1. The van der Waals surface area contributed by atoms with E-state index in [-0.39, 0.29) is 37.7 Å². The Kier molecular flexibility index (Phi) is 7.76. The quantitative estimate of drug-likeness (QED) is 0.324. The minimum Gasteiger partial charge on any atom is -0.481 e. The topological polar surface area (TPSA) is 124 Å². The summed E-state index contributed by atoms with van der Waals surface area (Å²) in [5, 5.41) is -0.366. The first-order valence-corrected chi connectivity index (χ1v) is 10.4. The predicted octanol–water partition coefficient (Wildman–Crippen LogP) is 2.88. The van der Waals surface area contributed by atoms with E-state index in [4.69, 9.17) is 25.8 Å². The van der Waals surface area contributed by atoms with E-state index in [1.165, 1.54) is 20.1 Å². The molecule has 0 radical (unpaired) electrons. The molecule has 0 N–H and O–H groups in total. The predicted molar refractivity (Wildman–Crippen MR) is 118 cm³/mol. The highest BCUT2D eigenvalue weighted by Crippen LogP contribution is 2.33. The number of halogens is 5. The molecule has 0 aliphatic rings. The van der Waals surface area contributed by atoms with Gasteiger partial charge in [0, 0.05) is 19.2 Å². The average Bonchev–Trinajstić information content (AvgIpc) is 2.82. The Morgan fingerprint density at radius 1 is 1.08 bits per heavy atom. The van der Waals surface area contributed by atoms with Gasteiger partial charge in [0.1, 0.15) is 11.5 Å². The van der Waals surface area contributed by atoms with Crippen molar-refractivity contribution >= 4 is 17.6 Å². The van der Waals surface area contributed by atoms with Gasteiger partial charge in [0.25, 0.3) is 5.56 Å². The zero-order valence-electron chi connectivity index (χ0n) is 19.4. The van der Waals surface area contributed by atoms with Crippen LogP contribution in [0.3, 0.4) is 0 Å². The van der Waals surface area contributed by atoms with Gasteiger partial charge in [0.2, 0.25) is 11.8 Å². The zero-order chi connectivity index (χ0) is 27.7. The number of alkyl halides is 3. The van der Waals surface area contributed by atoms with E-state index in [0.29, 0.717) is 6.07 Å². The van der Waals surface area contributed by atoms with Crippen LogP contribution < -0.4 is 25.5 Å². The second-order valence-electron chi connectivity index (χ2n) is 7.19. The van der Waals surface area contributed by atoms with Gasteiger partial charge in [-0.05, 0) is 13.0 Å². The lowest BCUT2D eigenvalue weighted by atomic mass is 10.2. The van der Waals surface area contributed by atoms with Gasteiger partial charge in [-0.25, -0.2) is 18.5 Å². The molecule has 16 heteroatoms. The van der Waals surface area contributed by atoms with Gasteiger partial charge in [-0.3, -0.25) is 9.36 Å². The fourth-order valence-electron chi connectivity index (χ4n) is 2.98. The maximum Gasteiger partial charge on any atom is 0.431 e. The molecule has 0 aliphatic heterocycles. The van der Waals surface area contributed by atoms with Crippen LogP contribution in [-0.2, 0) is 22.8 Å². The number of hydrogen-bond acceptors (Lipinski definition) is 9. The van der Waals surface area contributed by atoms with Gasteiger partial charge in [0.15, 0.2) is 11.9 Å². The van der Waals surface area contributed by atoms with Crippen molar-refractivity contribution in [2.24, 2.45) is 7.05 Å². The summed E-state index contributed by atoms with van der Waals surface area (Å²) in [7, 11) is 3.18. The number of methoxy groups -OCH3 is 2. The molecule has 0 fully saturated rings. The summed E-state index contributed by atoms with van der Waals surface area (Å²) in [5.74, 6) is -2.57. The van der Waals surface area contributed by atoms with Crippen LogP contribution in [0.15, 0.2) is 33.9 Å². The summed E-state index contributed by atoms with van der Waals surface area (Å²) in [4.78, 5) is 44.4. The highest BCUT2D eigenvalue weighted by molar-refractivity contribution is 6.32. The zero-order valence-corrected chi connectivity index (χ0v) is 20.2. The number of rotatable bonds is 7. The van der Waals surface area contributed by atoms with Crippen molar-refractivity contribution < 1.29 is 41.3 Å². The third-order valence-electron chi connectivity index (χ3n) is 4.75. The monoisotopic (exact) mass is 548 g/mol. The van der Waals surface area contributed by atoms with E-state index in [1.54, 1.807) is 0 Å². The molecule has 0 spiro atoms. The number of nitrogens with zero attached hydrogens (tertiary/aromatic N) is 4. The van der Waals surface area contributed by atoms with Crippen molar-refractivity contribution in [3.63, 3.8) is 0 Å². The number of carbonyl (C=O) groups excluding carboxylic acids is 1. The molecule has 0 saturated carbocycles. The Morgan fingerprint density at radius 3 is 2.32 bits per heavy atom. The lowest BCUT2D eigenvalue weighted by molar-refractivity contribution is -0.148. The fourth-order valence-corrected chi connectivity index (χ4v) is 3.16. The summed E-state index contributed by atoms with van der Waals surface area (Å²) in [6.07, 6.45) is -6.09. The Morgan fingerprint density at radius 2 is 1.73 bits per heavy atom. The second-order valence-corrected chi connectivity index (χ2v) is 7.60. The number of ether oxygens (including phenoxy) is 4. The molecule has 11 nitrogen and oxygen atoms in total. The summed E-state index contributed by atoms with van der Waals surface area (Å²) in [5.41, 5.74) is -5.20. The number of esters is 1. The number of benzene rings is 1. The molecule has 3 aromatic rings. The third-order valence-corrected chi connectivity index (χ3v) is 5.05. The van der Waals surface area contributed by atoms with Crippen LogP contribution in [0.25, 0.3) is 5.69 Å². The van der Waals surface area contributed by atoms with Gasteiger partial charge in [-0.1, -0.05) is 11.6 Å². The van der Waals surface area contributed by atoms with Crippen molar-refractivity contribution in [1.29, 1.82) is 0 Å². The maximum atomic E-state index is 14.7. The van der Waals surface area contributed by atoms with Gasteiger partial charge in [-0.2, -0.15) is 23.1 Å². The van der Waals surface area contributed by atoms with Gasteiger partial charge in [-0.15, -0.1) is 0 Å². The van der Waals surface area contributed by atoms with Crippen LogP contribution in [0.5, 0.6) is 23.5 Å². The molecule has 1 aromatic carbocycles. The van der Waals surface area contributed by atoms with Crippen LogP contribution in [0.1, 0.15) is 12.6 Å². The van der Waals surface area contributed by atoms with Crippen molar-refractivity contribution in [3.05, 3.63) is 61.6 Å². The number of aromatic nitrogens is 4. The lowest BCUT2D eigenvalue weighted by Crippen LogP contribution is -2.41. The Hall–Kier alpha value is -4.14. The van der Waals surface area contributed by atoms with Crippen molar-refractivity contribution in [2.45, 2.75) is 19.2 Å². The molecule has 3 rings (SSSR count). The highest BCUT2D eigenvalue weighted by atomic mass is 35.5. The molecule has 2 aromatic heterocycles. The van der Waals surface area contributed by atoms with Crippen LogP contribution in [0.4, 0.5) is 17.6 Å². The second kappa shape index (κ2) is 10.5. The summed E-state index contributed by atoms with van der Waals surface area (Å²) in [6.45, 7) is 1.38. The average molecular weight is 549 g/mol. The van der Waals surface area contributed by atoms with Crippen LogP contribution in [0.2, 0.25) is 5.02 Å². The van der Waals surface area contributed by atoms with Crippen molar-refractivity contribution in [3.8, 4) is 29.2 Å². The molecular weight excluding hydrogens is 532 g/mol. The molecule has 2 heterocycles. The van der Waals surface area contributed by atoms with E-state index in [9.17, 15) is 31.9 Å². The van der Waals surface area contributed by atoms with Gasteiger partial charge in [0.05, 0.1) is 31.0 Å². The van der Waals surface area contributed by atoms with Crippen LogP contribution in [0, 0.1) is 5.82 Å². The molecule has 0 saturated heterocycles. The van der Waals surface area contributed by atoms with E-state index < -0.39 is 52.7 Å².